The zero-order valence-corrected chi connectivity index (χ0v) is 10.7. The van der Waals surface area contributed by atoms with Gasteiger partial charge in [0.2, 0.25) is 0 Å². The Hall–Kier alpha value is -1.32. The van der Waals surface area contributed by atoms with E-state index >= 15 is 0 Å². The molecule has 0 fully saturated rings. The molecule has 1 nitrogen and oxygen atoms in total. The second kappa shape index (κ2) is 4.90. The van der Waals surface area contributed by atoms with E-state index < -0.39 is 0 Å². The molecule has 0 atom stereocenters. The first-order valence-corrected chi connectivity index (χ1v) is 7.54. The number of benzene rings is 2. The van der Waals surface area contributed by atoms with E-state index in [9.17, 15) is 0 Å². The number of nitrogens with one attached hydrogen (secondary N) is 1. The van der Waals surface area contributed by atoms with Gasteiger partial charge in [0.15, 0.2) is 0 Å². The summed E-state index contributed by atoms with van der Waals surface area (Å²) in [6.45, 7) is 0. The molecule has 0 aromatic heterocycles. The molecule has 1 heterocycles. The highest BCUT2D eigenvalue weighted by molar-refractivity contribution is 8.77. The van der Waals surface area contributed by atoms with E-state index in [-0.39, 0.29) is 0 Å². The third-order valence-corrected chi connectivity index (χ3v) is 4.52. The standard InChI is InChI=1S/C14H11NS2/c1-2-5-11(6-3-1)9-10-12-7-4-8-13-14(12)15-17-16-13/h1-10,15H. The van der Waals surface area contributed by atoms with E-state index in [1.165, 1.54) is 21.7 Å². The van der Waals surface area contributed by atoms with Gasteiger partial charge in [0.05, 0.1) is 5.69 Å². The predicted octanol–water partition coefficient (Wildman–Crippen LogP) is 4.94. The van der Waals surface area contributed by atoms with Gasteiger partial charge in [0.1, 0.15) is 0 Å². The monoisotopic (exact) mass is 257 g/mol. The van der Waals surface area contributed by atoms with Crippen LogP contribution in [-0.4, -0.2) is 0 Å². The molecule has 2 aromatic carbocycles. The highest BCUT2D eigenvalue weighted by Crippen LogP contribution is 2.46. The van der Waals surface area contributed by atoms with Gasteiger partial charge < -0.3 is 4.72 Å². The third kappa shape index (κ3) is 2.35. The lowest BCUT2D eigenvalue weighted by Gasteiger charge is -2.02. The number of hydrogen-bond acceptors (Lipinski definition) is 3. The van der Waals surface area contributed by atoms with Crippen molar-refractivity contribution in [2.45, 2.75) is 4.90 Å². The van der Waals surface area contributed by atoms with Crippen molar-refractivity contribution in [1.29, 1.82) is 0 Å². The Kier molecular flexibility index (Phi) is 3.12. The van der Waals surface area contributed by atoms with Gasteiger partial charge >= 0.3 is 0 Å². The van der Waals surface area contributed by atoms with Gasteiger partial charge in [-0.2, -0.15) is 0 Å². The average Bonchev–Trinajstić information content (AvgIpc) is 2.86. The predicted molar refractivity (Wildman–Crippen MR) is 78.9 cm³/mol. The second-order valence-corrected chi connectivity index (χ2v) is 5.71. The van der Waals surface area contributed by atoms with Crippen molar-refractivity contribution in [2.75, 3.05) is 4.72 Å². The fourth-order valence-corrected chi connectivity index (χ4v) is 3.68. The Labute approximate surface area is 109 Å². The van der Waals surface area contributed by atoms with Crippen LogP contribution in [0.5, 0.6) is 0 Å². The first-order chi connectivity index (χ1) is 8.43. The molecular formula is C14H11NS2. The zero-order chi connectivity index (χ0) is 11.5. The van der Waals surface area contributed by atoms with Crippen molar-refractivity contribution in [2.24, 2.45) is 0 Å². The van der Waals surface area contributed by atoms with Gasteiger partial charge in [-0.05, 0) is 28.0 Å². The van der Waals surface area contributed by atoms with Crippen LogP contribution in [0.3, 0.4) is 0 Å². The summed E-state index contributed by atoms with van der Waals surface area (Å²) in [5.74, 6) is 0. The van der Waals surface area contributed by atoms with Crippen molar-refractivity contribution in [3.8, 4) is 0 Å². The smallest absolute Gasteiger partial charge is 0.0666 e. The fraction of sp³-hybridized carbons (Fsp3) is 0. The van der Waals surface area contributed by atoms with Crippen LogP contribution in [0.25, 0.3) is 12.2 Å². The summed E-state index contributed by atoms with van der Waals surface area (Å²) in [6.07, 6.45) is 4.30. The summed E-state index contributed by atoms with van der Waals surface area (Å²) < 4.78 is 3.33. The number of para-hydroxylation sites is 1. The lowest BCUT2D eigenvalue weighted by molar-refractivity contribution is 1.46. The largest absolute Gasteiger partial charge is 0.319 e. The van der Waals surface area contributed by atoms with Crippen LogP contribution in [0, 0.1) is 0 Å². The Balaban J connectivity index is 1.91. The zero-order valence-electron chi connectivity index (χ0n) is 9.09. The van der Waals surface area contributed by atoms with E-state index in [2.05, 4.69) is 59.3 Å². The lowest BCUT2D eigenvalue weighted by Crippen LogP contribution is -1.83. The molecule has 0 saturated carbocycles. The first kappa shape index (κ1) is 10.8. The molecule has 0 aliphatic carbocycles. The maximum atomic E-state index is 3.33. The van der Waals surface area contributed by atoms with E-state index in [0.717, 1.165) is 0 Å². The molecule has 2 aromatic rings. The molecular weight excluding hydrogens is 246 g/mol. The van der Waals surface area contributed by atoms with Crippen LogP contribution in [0.15, 0.2) is 53.4 Å². The summed E-state index contributed by atoms with van der Waals surface area (Å²) in [7, 11) is 3.45. The van der Waals surface area contributed by atoms with Crippen molar-refractivity contribution >= 4 is 39.6 Å². The molecule has 0 saturated heterocycles. The molecule has 1 aliphatic rings. The van der Waals surface area contributed by atoms with Gasteiger partial charge in [-0.25, -0.2) is 0 Å². The quantitative estimate of drug-likeness (QED) is 0.465. The van der Waals surface area contributed by atoms with E-state index in [1.54, 1.807) is 21.8 Å². The molecule has 3 rings (SSSR count). The van der Waals surface area contributed by atoms with Crippen LogP contribution < -0.4 is 4.72 Å². The second-order valence-electron chi connectivity index (χ2n) is 3.73. The Morgan fingerprint density at radius 3 is 2.65 bits per heavy atom. The normalized spacial score (nSPS) is 13.6. The van der Waals surface area contributed by atoms with Gasteiger partial charge in [0.25, 0.3) is 0 Å². The molecule has 17 heavy (non-hydrogen) atoms. The first-order valence-electron chi connectivity index (χ1n) is 5.39. The van der Waals surface area contributed by atoms with Crippen molar-refractivity contribution in [3.63, 3.8) is 0 Å². The van der Waals surface area contributed by atoms with Crippen molar-refractivity contribution in [3.05, 3.63) is 59.7 Å². The van der Waals surface area contributed by atoms with Crippen LogP contribution in [0.1, 0.15) is 11.1 Å². The van der Waals surface area contributed by atoms with E-state index in [1.807, 2.05) is 6.07 Å². The topological polar surface area (TPSA) is 12.0 Å². The van der Waals surface area contributed by atoms with Gasteiger partial charge in [-0.1, -0.05) is 54.6 Å². The maximum absolute atomic E-state index is 3.33. The molecule has 0 unspecified atom stereocenters. The van der Waals surface area contributed by atoms with Gasteiger partial charge in [-0.3, -0.25) is 0 Å². The summed E-state index contributed by atoms with van der Waals surface area (Å²) in [5.41, 5.74) is 3.70. The van der Waals surface area contributed by atoms with Crippen molar-refractivity contribution in [1.82, 2.24) is 0 Å². The minimum Gasteiger partial charge on any atom is -0.319 e. The van der Waals surface area contributed by atoms with Crippen LogP contribution in [-0.2, 0) is 0 Å². The van der Waals surface area contributed by atoms with Crippen molar-refractivity contribution < 1.29 is 0 Å². The minimum absolute atomic E-state index is 1.23. The summed E-state index contributed by atoms with van der Waals surface area (Å²) >= 11 is 0. The van der Waals surface area contributed by atoms with Gasteiger partial charge in [-0.15, -0.1) is 0 Å². The fourth-order valence-electron chi connectivity index (χ4n) is 1.72. The Bertz CT molecular complexity index is 549. The summed E-state index contributed by atoms with van der Waals surface area (Å²) in [4.78, 5) is 1.31. The molecule has 0 radical (unpaired) electrons. The molecule has 1 N–H and O–H groups in total. The summed E-state index contributed by atoms with van der Waals surface area (Å²) in [5, 5.41) is 0. The summed E-state index contributed by atoms with van der Waals surface area (Å²) in [6, 6.07) is 16.7. The molecule has 1 aliphatic heterocycles. The number of anilines is 1. The highest BCUT2D eigenvalue weighted by Gasteiger charge is 2.13. The molecule has 0 spiro atoms. The Morgan fingerprint density at radius 1 is 0.882 bits per heavy atom. The van der Waals surface area contributed by atoms with Crippen LogP contribution in [0.2, 0.25) is 0 Å². The Morgan fingerprint density at radius 2 is 1.76 bits per heavy atom. The average molecular weight is 257 g/mol. The lowest BCUT2D eigenvalue weighted by atomic mass is 10.1. The molecule has 0 bridgehead atoms. The third-order valence-electron chi connectivity index (χ3n) is 2.59. The van der Waals surface area contributed by atoms with Crippen LogP contribution >= 0.6 is 21.8 Å². The molecule has 3 heteroatoms. The number of hydrogen-bond donors (Lipinski definition) is 1. The van der Waals surface area contributed by atoms with E-state index in [0.29, 0.717) is 0 Å². The van der Waals surface area contributed by atoms with Crippen LogP contribution in [0.4, 0.5) is 5.69 Å². The van der Waals surface area contributed by atoms with Gasteiger partial charge in [0, 0.05) is 15.9 Å². The SMILES string of the molecule is C(=Cc1cccc2c1NSS2)c1ccccc1. The van der Waals surface area contributed by atoms with E-state index in [4.69, 9.17) is 0 Å². The minimum atomic E-state index is 1.23. The molecule has 0 amide bonds. The maximum Gasteiger partial charge on any atom is 0.0666 e. The highest BCUT2D eigenvalue weighted by atomic mass is 33.1. The number of fused-ring (bicyclic) bond motifs is 1. The number of rotatable bonds is 2. The molecule has 84 valence electrons.